The van der Waals surface area contributed by atoms with E-state index in [1.54, 1.807) is 0 Å². The molecule has 0 fully saturated rings. The average molecular weight is 330 g/mol. The van der Waals surface area contributed by atoms with Crippen LogP contribution in [-0.4, -0.2) is 35.8 Å². The Bertz CT molecular complexity index is 400. The normalized spacial score (nSPS) is 13.2. The Morgan fingerprint density at radius 2 is 2.06 bits per heavy atom. The van der Waals surface area contributed by atoms with E-state index in [9.17, 15) is 13.2 Å². The van der Waals surface area contributed by atoms with Crippen LogP contribution in [-0.2, 0) is 0 Å². The fourth-order valence-electron chi connectivity index (χ4n) is 1.14. The highest BCUT2D eigenvalue weighted by molar-refractivity contribution is 9.10. The summed E-state index contributed by atoms with van der Waals surface area (Å²) >= 11 is 2.97. The number of ether oxygens (including phenoxy) is 1. The van der Waals surface area contributed by atoms with E-state index in [-0.39, 0.29) is 16.8 Å². The van der Waals surface area contributed by atoms with Gasteiger partial charge in [0.05, 0.1) is 22.9 Å². The summed E-state index contributed by atoms with van der Waals surface area (Å²) in [6, 6.07) is 4.04. The molecule has 0 saturated carbocycles. The summed E-state index contributed by atoms with van der Waals surface area (Å²) in [5.74, 6) is -0.383. The zero-order chi connectivity index (χ0) is 13.8. The smallest absolute Gasteiger partial charge is 0.405 e. The summed E-state index contributed by atoms with van der Waals surface area (Å²) in [4.78, 5) is 0. The quantitative estimate of drug-likeness (QED) is 0.774. The van der Waals surface area contributed by atoms with Crippen LogP contribution in [0.15, 0.2) is 22.7 Å². The zero-order valence-corrected chi connectivity index (χ0v) is 10.6. The second-order valence-corrected chi connectivity index (χ2v) is 4.18. The third-order valence-corrected chi connectivity index (χ3v) is 2.75. The number of anilines is 1. The molecule has 0 spiro atoms. The first kappa shape index (κ1) is 15.1. The van der Waals surface area contributed by atoms with Gasteiger partial charge in [0.15, 0.2) is 0 Å². The summed E-state index contributed by atoms with van der Waals surface area (Å²) in [5.41, 5.74) is 0.323. The number of aliphatic hydroxyl groups is 2. The summed E-state index contributed by atoms with van der Waals surface area (Å²) in [6.07, 6.45) is -5.77. The first-order valence-corrected chi connectivity index (χ1v) is 5.70. The van der Waals surface area contributed by atoms with Gasteiger partial charge in [0.25, 0.3) is 0 Å². The average Bonchev–Trinajstić information content (AvgIpc) is 2.28. The van der Waals surface area contributed by atoms with Gasteiger partial charge in [-0.2, -0.15) is 0 Å². The number of rotatable bonds is 5. The van der Waals surface area contributed by atoms with E-state index in [1.165, 1.54) is 12.1 Å². The van der Waals surface area contributed by atoms with E-state index in [0.29, 0.717) is 5.69 Å². The Morgan fingerprint density at radius 1 is 1.39 bits per heavy atom. The molecule has 8 heteroatoms. The molecule has 1 atom stereocenters. The highest BCUT2D eigenvalue weighted by Gasteiger charge is 2.32. The second-order valence-electron chi connectivity index (χ2n) is 3.38. The van der Waals surface area contributed by atoms with Crippen molar-refractivity contribution in [2.45, 2.75) is 12.5 Å². The van der Waals surface area contributed by atoms with Crippen molar-refractivity contribution in [2.24, 2.45) is 0 Å². The summed E-state index contributed by atoms with van der Waals surface area (Å²) in [6.45, 7) is -0.437. The van der Waals surface area contributed by atoms with Crippen molar-refractivity contribution in [1.29, 1.82) is 0 Å². The first-order valence-electron chi connectivity index (χ1n) is 4.90. The standard InChI is InChI=1S/C10H11BrF3NO3/c11-9-7(15-4-6(17)5-16)2-1-3-8(9)18-10(12,13)14/h1-3,6,15-17H,4-5H2. The lowest BCUT2D eigenvalue weighted by molar-refractivity contribution is -0.274. The topological polar surface area (TPSA) is 61.7 Å². The minimum absolute atomic E-state index is 0.00453. The zero-order valence-electron chi connectivity index (χ0n) is 9.04. The van der Waals surface area contributed by atoms with E-state index in [2.05, 4.69) is 26.0 Å². The van der Waals surface area contributed by atoms with E-state index in [0.717, 1.165) is 6.07 Å². The van der Waals surface area contributed by atoms with Crippen molar-refractivity contribution < 1.29 is 28.1 Å². The van der Waals surface area contributed by atoms with Crippen molar-refractivity contribution in [3.8, 4) is 5.75 Å². The van der Waals surface area contributed by atoms with Crippen LogP contribution in [0.1, 0.15) is 0 Å². The maximum absolute atomic E-state index is 12.1. The number of alkyl halides is 3. The van der Waals surface area contributed by atoms with E-state index >= 15 is 0 Å². The Morgan fingerprint density at radius 3 is 2.61 bits per heavy atom. The van der Waals surface area contributed by atoms with Crippen LogP contribution >= 0.6 is 15.9 Å². The van der Waals surface area contributed by atoms with Gasteiger partial charge in [0, 0.05) is 6.54 Å². The Balaban J connectivity index is 2.79. The molecule has 1 unspecified atom stereocenters. The Hall–Kier alpha value is -0.990. The first-order chi connectivity index (χ1) is 8.33. The summed E-state index contributed by atoms with van der Waals surface area (Å²) in [7, 11) is 0. The van der Waals surface area contributed by atoms with Gasteiger partial charge in [0.1, 0.15) is 5.75 Å². The molecule has 18 heavy (non-hydrogen) atoms. The molecule has 0 saturated heterocycles. The van der Waals surface area contributed by atoms with Crippen LogP contribution in [0.3, 0.4) is 0 Å². The van der Waals surface area contributed by atoms with Gasteiger partial charge in [-0.3, -0.25) is 0 Å². The molecule has 0 radical (unpaired) electrons. The van der Waals surface area contributed by atoms with E-state index in [1.807, 2.05) is 0 Å². The molecule has 0 aliphatic heterocycles. The second kappa shape index (κ2) is 6.26. The predicted octanol–water partition coefficient (Wildman–Crippen LogP) is 2.11. The van der Waals surface area contributed by atoms with Crippen LogP contribution in [0.4, 0.5) is 18.9 Å². The summed E-state index contributed by atoms with van der Waals surface area (Å²) < 4.78 is 40.2. The Kier molecular flexibility index (Phi) is 5.24. The van der Waals surface area contributed by atoms with E-state index in [4.69, 9.17) is 10.2 Å². The predicted molar refractivity (Wildman–Crippen MR) is 62.4 cm³/mol. The number of halogens is 4. The molecule has 3 N–H and O–H groups in total. The molecule has 1 rings (SSSR count). The van der Waals surface area contributed by atoms with Crippen LogP contribution < -0.4 is 10.1 Å². The third kappa shape index (κ3) is 4.71. The van der Waals surface area contributed by atoms with Gasteiger partial charge in [-0.1, -0.05) is 6.07 Å². The van der Waals surface area contributed by atoms with Crippen molar-refractivity contribution >= 4 is 21.6 Å². The molecule has 0 aromatic heterocycles. The highest BCUT2D eigenvalue weighted by atomic mass is 79.9. The van der Waals surface area contributed by atoms with Gasteiger partial charge >= 0.3 is 6.36 Å². The molecule has 0 aliphatic carbocycles. The minimum atomic E-state index is -4.77. The molecule has 0 aliphatic rings. The van der Waals surface area contributed by atoms with Crippen molar-refractivity contribution in [3.05, 3.63) is 22.7 Å². The number of aliphatic hydroxyl groups excluding tert-OH is 2. The maximum atomic E-state index is 12.1. The molecule has 4 nitrogen and oxygen atoms in total. The molecule has 0 amide bonds. The van der Waals surface area contributed by atoms with Crippen LogP contribution in [0.5, 0.6) is 5.75 Å². The Labute approximate surface area is 110 Å². The maximum Gasteiger partial charge on any atom is 0.573 e. The molecule has 0 bridgehead atoms. The number of hydrogen-bond donors (Lipinski definition) is 3. The number of nitrogens with one attached hydrogen (secondary N) is 1. The van der Waals surface area contributed by atoms with Crippen molar-refractivity contribution in [1.82, 2.24) is 0 Å². The van der Waals surface area contributed by atoms with E-state index < -0.39 is 19.1 Å². The third-order valence-electron chi connectivity index (χ3n) is 1.93. The SMILES string of the molecule is OCC(O)CNc1cccc(OC(F)(F)F)c1Br. The lowest BCUT2D eigenvalue weighted by Gasteiger charge is -2.15. The minimum Gasteiger partial charge on any atom is -0.405 e. The van der Waals surface area contributed by atoms with Crippen LogP contribution in [0, 0.1) is 0 Å². The van der Waals surface area contributed by atoms with Gasteiger partial charge in [-0.05, 0) is 28.1 Å². The van der Waals surface area contributed by atoms with Crippen molar-refractivity contribution in [2.75, 3.05) is 18.5 Å². The lowest BCUT2D eigenvalue weighted by atomic mass is 10.3. The number of benzene rings is 1. The largest absolute Gasteiger partial charge is 0.573 e. The summed E-state index contributed by atoms with van der Waals surface area (Å²) in [5, 5.41) is 20.4. The molecule has 1 aromatic rings. The molecular formula is C10H11BrF3NO3. The molecule has 102 valence electrons. The van der Waals surface area contributed by atoms with Gasteiger partial charge in [-0.15, -0.1) is 13.2 Å². The monoisotopic (exact) mass is 329 g/mol. The van der Waals surface area contributed by atoms with Gasteiger partial charge < -0.3 is 20.3 Å². The van der Waals surface area contributed by atoms with Gasteiger partial charge in [-0.25, -0.2) is 0 Å². The highest BCUT2D eigenvalue weighted by Crippen LogP contribution is 2.35. The molecule has 1 aromatic carbocycles. The lowest BCUT2D eigenvalue weighted by Crippen LogP contribution is -2.23. The number of hydrogen-bond acceptors (Lipinski definition) is 4. The van der Waals surface area contributed by atoms with Crippen LogP contribution in [0.25, 0.3) is 0 Å². The van der Waals surface area contributed by atoms with Crippen molar-refractivity contribution in [3.63, 3.8) is 0 Å². The molecular weight excluding hydrogens is 319 g/mol. The fraction of sp³-hybridized carbons (Fsp3) is 0.400. The van der Waals surface area contributed by atoms with Gasteiger partial charge in [0.2, 0.25) is 0 Å². The van der Waals surface area contributed by atoms with Crippen LogP contribution in [0.2, 0.25) is 0 Å². The fourth-order valence-corrected chi connectivity index (χ4v) is 1.63. The molecule has 0 heterocycles.